The lowest BCUT2D eigenvalue weighted by atomic mass is 9.77. The summed E-state index contributed by atoms with van der Waals surface area (Å²) in [6.45, 7) is 1.69. The van der Waals surface area contributed by atoms with E-state index in [4.69, 9.17) is 9.47 Å². The molecule has 0 bridgehead atoms. The van der Waals surface area contributed by atoms with Crippen molar-refractivity contribution in [3.63, 3.8) is 0 Å². The Morgan fingerprint density at radius 1 is 0.727 bits per heavy atom. The van der Waals surface area contributed by atoms with E-state index in [9.17, 15) is 0 Å². The number of ether oxygens (including phenoxy) is 2. The summed E-state index contributed by atoms with van der Waals surface area (Å²) in [4.78, 5) is 0. The summed E-state index contributed by atoms with van der Waals surface area (Å²) in [7, 11) is 0. The second-order valence-electron chi connectivity index (χ2n) is 6.28. The van der Waals surface area contributed by atoms with Crippen LogP contribution in [0.3, 0.4) is 0 Å². The van der Waals surface area contributed by atoms with Gasteiger partial charge in [-0.1, -0.05) is 60.7 Å². The molecular weight excluding hydrogens is 272 g/mol. The van der Waals surface area contributed by atoms with E-state index in [2.05, 4.69) is 60.7 Å². The minimum absolute atomic E-state index is 0.214. The van der Waals surface area contributed by atoms with Crippen LogP contribution in [0.15, 0.2) is 60.7 Å². The molecule has 0 N–H and O–H groups in total. The quantitative estimate of drug-likeness (QED) is 0.851. The molecule has 2 heteroatoms. The molecule has 4 rings (SSSR count). The van der Waals surface area contributed by atoms with Crippen molar-refractivity contribution in [2.45, 2.75) is 31.0 Å². The highest BCUT2D eigenvalue weighted by Crippen LogP contribution is 2.41. The third-order valence-corrected chi connectivity index (χ3v) is 5.04. The maximum atomic E-state index is 6.28. The molecule has 22 heavy (non-hydrogen) atoms. The smallest absolute Gasteiger partial charge is 0.0737 e. The lowest BCUT2D eigenvalue weighted by Crippen LogP contribution is -2.41. The van der Waals surface area contributed by atoms with Crippen LogP contribution in [-0.4, -0.2) is 25.4 Å². The van der Waals surface area contributed by atoms with Gasteiger partial charge in [-0.15, -0.1) is 0 Å². The number of hydrogen-bond donors (Lipinski definition) is 0. The standard InChI is InChI=1S/C20H22O2/c1-3-7-15(8-4-1)19(16-9-5-2-6-10-16)20-17-11-13-21-18(17)12-14-22-20/h1-10,17-20H,11-14H2/t17-,18+,20-/m1/s1. The third kappa shape index (κ3) is 2.57. The lowest BCUT2D eigenvalue weighted by molar-refractivity contribution is -0.0800. The van der Waals surface area contributed by atoms with Gasteiger partial charge in [-0.3, -0.25) is 0 Å². The molecule has 2 aliphatic rings. The highest BCUT2D eigenvalue weighted by Gasteiger charge is 2.43. The van der Waals surface area contributed by atoms with Crippen LogP contribution in [0, 0.1) is 5.92 Å². The molecule has 2 nitrogen and oxygen atoms in total. The fourth-order valence-corrected chi connectivity index (χ4v) is 4.02. The fraction of sp³-hybridized carbons (Fsp3) is 0.400. The van der Waals surface area contributed by atoms with E-state index in [-0.39, 0.29) is 12.0 Å². The van der Waals surface area contributed by atoms with Crippen molar-refractivity contribution in [2.24, 2.45) is 5.92 Å². The SMILES string of the molecule is c1ccc(C(c2ccccc2)[C@@H]2OCC[C@@H]3OCC[C@H]32)cc1. The molecule has 0 unspecified atom stereocenters. The Labute approximate surface area is 132 Å². The second kappa shape index (κ2) is 6.23. The molecule has 2 fully saturated rings. The Morgan fingerprint density at radius 2 is 1.32 bits per heavy atom. The fourth-order valence-electron chi connectivity index (χ4n) is 4.02. The first-order valence-corrected chi connectivity index (χ1v) is 8.26. The zero-order valence-corrected chi connectivity index (χ0v) is 12.7. The van der Waals surface area contributed by atoms with Gasteiger partial charge < -0.3 is 9.47 Å². The second-order valence-corrected chi connectivity index (χ2v) is 6.28. The average Bonchev–Trinajstić information content (AvgIpc) is 3.07. The van der Waals surface area contributed by atoms with Crippen LogP contribution in [0.4, 0.5) is 0 Å². The number of hydrogen-bond acceptors (Lipinski definition) is 2. The molecule has 0 radical (unpaired) electrons. The number of benzene rings is 2. The van der Waals surface area contributed by atoms with Crippen molar-refractivity contribution in [1.82, 2.24) is 0 Å². The van der Waals surface area contributed by atoms with Crippen molar-refractivity contribution in [3.05, 3.63) is 71.8 Å². The van der Waals surface area contributed by atoms with Crippen LogP contribution in [0.25, 0.3) is 0 Å². The highest BCUT2D eigenvalue weighted by molar-refractivity contribution is 5.34. The average molecular weight is 294 g/mol. The van der Waals surface area contributed by atoms with Crippen molar-refractivity contribution >= 4 is 0 Å². The summed E-state index contributed by atoms with van der Waals surface area (Å²) < 4.78 is 12.2. The van der Waals surface area contributed by atoms with Crippen molar-refractivity contribution in [3.8, 4) is 0 Å². The van der Waals surface area contributed by atoms with Gasteiger partial charge in [-0.05, 0) is 24.0 Å². The molecular formula is C20H22O2. The molecule has 2 saturated heterocycles. The van der Waals surface area contributed by atoms with E-state index < -0.39 is 0 Å². The Kier molecular flexibility index (Phi) is 3.96. The van der Waals surface area contributed by atoms with Gasteiger partial charge in [0.1, 0.15) is 0 Å². The molecule has 3 atom stereocenters. The predicted octanol–water partition coefficient (Wildman–Crippen LogP) is 4.01. The van der Waals surface area contributed by atoms with Gasteiger partial charge in [0.15, 0.2) is 0 Å². The van der Waals surface area contributed by atoms with Crippen molar-refractivity contribution in [2.75, 3.05) is 13.2 Å². The van der Waals surface area contributed by atoms with Crippen LogP contribution in [0.5, 0.6) is 0 Å². The van der Waals surface area contributed by atoms with E-state index in [1.54, 1.807) is 0 Å². The van der Waals surface area contributed by atoms with Crippen molar-refractivity contribution in [1.29, 1.82) is 0 Å². The lowest BCUT2D eigenvalue weighted by Gasteiger charge is -2.38. The van der Waals surface area contributed by atoms with Crippen LogP contribution >= 0.6 is 0 Å². The number of fused-ring (bicyclic) bond motifs is 1. The summed E-state index contributed by atoms with van der Waals surface area (Å²) in [5.41, 5.74) is 2.68. The first-order chi connectivity index (χ1) is 10.9. The van der Waals surface area contributed by atoms with Crippen LogP contribution < -0.4 is 0 Å². The van der Waals surface area contributed by atoms with Gasteiger partial charge in [0, 0.05) is 25.0 Å². The Balaban J connectivity index is 1.74. The molecule has 114 valence electrons. The topological polar surface area (TPSA) is 18.5 Å². The number of rotatable bonds is 3. The van der Waals surface area contributed by atoms with E-state index >= 15 is 0 Å². The molecule has 2 aromatic carbocycles. The van der Waals surface area contributed by atoms with Gasteiger partial charge >= 0.3 is 0 Å². The third-order valence-electron chi connectivity index (χ3n) is 5.04. The van der Waals surface area contributed by atoms with E-state index in [1.807, 2.05) is 0 Å². The van der Waals surface area contributed by atoms with Gasteiger partial charge in [-0.2, -0.15) is 0 Å². The maximum Gasteiger partial charge on any atom is 0.0737 e. The van der Waals surface area contributed by atoms with Gasteiger partial charge in [0.2, 0.25) is 0 Å². The monoisotopic (exact) mass is 294 g/mol. The minimum atomic E-state index is 0.214. The van der Waals surface area contributed by atoms with Crippen molar-refractivity contribution < 1.29 is 9.47 Å². The zero-order chi connectivity index (χ0) is 14.8. The maximum absolute atomic E-state index is 6.28. The molecule has 2 aromatic rings. The van der Waals surface area contributed by atoms with Gasteiger partial charge in [0.25, 0.3) is 0 Å². The van der Waals surface area contributed by atoms with E-state index in [0.29, 0.717) is 12.0 Å². The molecule has 0 aromatic heterocycles. The molecule has 0 aliphatic carbocycles. The summed E-state index contributed by atoms with van der Waals surface area (Å²) in [6.07, 6.45) is 2.75. The molecule has 2 heterocycles. The molecule has 0 saturated carbocycles. The summed E-state index contributed by atoms with van der Waals surface area (Å²) in [6, 6.07) is 21.5. The van der Waals surface area contributed by atoms with Gasteiger partial charge in [-0.25, -0.2) is 0 Å². The van der Waals surface area contributed by atoms with Crippen LogP contribution in [-0.2, 0) is 9.47 Å². The summed E-state index contributed by atoms with van der Waals surface area (Å²) in [5, 5.41) is 0. The van der Waals surface area contributed by atoms with E-state index in [1.165, 1.54) is 11.1 Å². The summed E-state index contributed by atoms with van der Waals surface area (Å²) >= 11 is 0. The minimum Gasteiger partial charge on any atom is -0.378 e. The predicted molar refractivity (Wildman–Crippen MR) is 86.9 cm³/mol. The van der Waals surface area contributed by atoms with E-state index in [0.717, 1.165) is 26.1 Å². The zero-order valence-electron chi connectivity index (χ0n) is 12.7. The highest BCUT2D eigenvalue weighted by atomic mass is 16.5. The Hall–Kier alpha value is -1.64. The molecule has 0 amide bonds. The van der Waals surface area contributed by atoms with Crippen LogP contribution in [0.1, 0.15) is 29.9 Å². The largest absolute Gasteiger partial charge is 0.378 e. The van der Waals surface area contributed by atoms with Crippen LogP contribution in [0.2, 0.25) is 0 Å². The Bertz CT molecular complexity index is 556. The van der Waals surface area contributed by atoms with Gasteiger partial charge in [0.05, 0.1) is 12.2 Å². The first kappa shape index (κ1) is 14.0. The normalized spacial score (nSPS) is 27.8. The Morgan fingerprint density at radius 3 is 1.95 bits per heavy atom. The first-order valence-electron chi connectivity index (χ1n) is 8.26. The molecule has 0 spiro atoms. The summed E-state index contributed by atoms with van der Waals surface area (Å²) in [5.74, 6) is 0.802. The molecule has 2 aliphatic heterocycles.